The minimum absolute atomic E-state index is 0.00584. The lowest BCUT2D eigenvalue weighted by Gasteiger charge is -2.30. The van der Waals surface area contributed by atoms with E-state index < -0.39 is 0 Å². The molecule has 0 spiro atoms. The molecular formula is C33H41N5O6S. The van der Waals surface area contributed by atoms with Crippen molar-refractivity contribution >= 4 is 47.5 Å². The molecule has 2 fully saturated rings. The number of aldehydes is 1. The third-order valence-electron chi connectivity index (χ3n) is 8.11. The Kier molecular flexibility index (Phi) is 12.6. The van der Waals surface area contributed by atoms with Crippen molar-refractivity contribution in [3.05, 3.63) is 54.1 Å². The number of nitrogens with two attached hydrogens (primary N) is 1. The van der Waals surface area contributed by atoms with E-state index in [1.54, 1.807) is 24.3 Å². The summed E-state index contributed by atoms with van der Waals surface area (Å²) in [5.74, 6) is 0.931. The topological polar surface area (TPSA) is 172 Å². The molecule has 1 aliphatic heterocycles. The molecule has 240 valence electrons. The van der Waals surface area contributed by atoms with Gasteiger partial charge in [0, 0.05) is 44.0 Å². The minimum atomic E-state index is -0.357. The Morgan fingerprint density at radius 3 is 2.47 bits per heavy atom. The zero-order valence-electron chi connectivity index (χ0n) is 25.3. The second kappa shape index (κ2) is 16.8. The van der Waals surface area contributed by atoms with Crippen LogP contribution >= 0.6 is 11.8 Å². The summed E-state index contributed by atoms with van der Waals surface area (Å²) in [6.45, 7) is 1.01. The molecule has 11 nitrogen and oxygen atoms in total. The van der Waals surface area contributed by atoms with Crippen LogP contribution in [0.15, 0.2) is 48.5 Å². The van der Waals surface area contributed by atoms with Crippen molar-refractivity contribution in [1.29, 1.82) is 5.41 Å². The van der Waals surface area contributed by atoms with E-state index in [1.807, 2.05) is 24.3 Å². The Labute approximate surface area is 267 Å². The summed E-state index contributed by atoms with van der Waals surface area (Å²) >= 11 is 1.46. The summed E-state index contributed by atoms with van der Waals surface area (Å²) in [5.41, 5.74) is 7.66. The number of nitrogens with one attached hydrogen (secondary N) is 3. The summed E-state index contributed by atoms with van der Waals surface area (Å²) in [4.78, 5) is 62.7. The van der Waals surface area contributed by atoms with Crippen molar-refractivity contribution in [3.8, 4) is 16.9 Å². The van der Waals surface area contributed by atoms with E-state index in [-0.39, 0.29) is 59.6 Å². The molecule has 1 saturated carbocycles. The molecule has 0 bridgehead atoms. The van der Waals surface area contributed by atoms with Gasteiger partial charge in [-0.3, -0.25) is 34.3 Å². The number of benzene rings is 2. The zero-order valence-corrected chi connectivity index (χ0v) is 26.1. The van der Waals surface area contributed by atoms with Gasteiger partial charge >= 0.3 is 0 Å². The number of amidine groups is 1. The van der Waals surface area contributed by atoms with Crippen LogP contribution in [-0.2, 0) is 19.2 Å². The van der Waals surface area contributed by atoms with Crippen LogP contribution in [0.5, 0.6) is 5.75 Å². The average molecular weight is 636 g/mol. The van der Waals surface area contributed by atoms with E-state index >= 15 is 0 Å². The molecule has 2 aliphatic rings. The predicted octanol–water partition coefficient (Wildman–Crippen LogP) is 3.16. The van der Waals surface area contributed by atoms with Crippen LogP contribution in [0, 0.1) is 17.2 Å². The van der Waals surface area contributed by atoms with Crippen LogP contribution in [0.4, 0.5) is 0 Å². The fourth-order valence-electron chi connectivity index (χ4n) is 5.65. The molecule has 1 unspecified atom stereocenters. The fourth-order valence-corrected chi connectivity index (χ4v) is 6.78. The van der Waals surface area contributed by atoms with Crippen LogP contribution in [0.25, 0.3) is 11.1 Å². The van der Waals surface area contributed by atoms with Crippen molar-refractivity contribution in [3.63, 3.8) is 0 Å². The van der Waals surface area contributed by atoms with Gasteiger partial charge in [-0.15, -0.1) is 11.8 Å². The smallest absolute Gasteiger partial charge is 0.251 e. The molecule has 1 atom stereocenters. The number of nitrogens with zero attached hydrogens (tertiary/aromatic N) is 1. The van der Waals surface area contributed by atoms with Gasteiger partial charge in [0.05, 0.1) is 11.1 Å². The molecule has 5 N–H and O–H groups in total. The van der Waals surface area contributed by atoms with Crippen molar-refractivity contribution < 1.29 is 28.7 Å². The number of imide groups is 1. The van der Waals surface area contributed by atoms with E-state index in [1.165, 1.54) is 16.7 Å². The minimum Gasteiger partial charge on any atom is -0.486 e. The van der Waals surface area contributed by atoms with E-state index in [4.69, 9.17) is 15.9 Å². The Balaban J connectivity index is 1.14. The molecule has 2 aromatic rings. The van der Waals surface area contributed by atoms with Gasteiger partial charge in [0.15, 0.2) is 6.29 Å². The Bertz CT molecular complexity index is 1380. The molecule has 0 aromatic heterocycles. The number of carbonyl (C=O) groups excluding carboxylic acids is 5. The first-order chi connectivity index (χ1) is 21.7. The third kappa shape index (κ3) is 9.90. The summed E-state index contributed by atoms with van der Waals surface area (Å²) in [5, 5.41) is 12.7. The van der Waals surface area contributed by atoms with Crippen molar-refractivity contribution in [1.82, 2.24) is 15.5 Å². The molecule has 2 aromatic carbocycles. The van der Waals surface area contributed by atoms with Crippen molar-refractivity contribution in [2.45, 2.75) is 50.2 Å². The number of hydrogen-bond donors (Lipinski definition) is 4. The van der Waals surface area contributed by atoms with E-state index in [0.29, 0.717) is 68.7 Å². The first kappa shape index (κ1) is 33.7. The highest BCUT2D eigenvalue weighted by Crippen LogP contribution is 2.32. The van der Waals surface area contributed by atoms with Gasteiger partial charge in [0.2, 0.25) is 17.7 Å². The first-order valence-corrected chi connectivity index (χ1v) is 16.4. The number of rotatable bonds is 16. The second-order valence-electron chi connectivity index (χ2n) is 11.4. The summed E-state index contributed by atoms with van der Waals surface area (Å²) in [7, 11) is 0. The average Bonchev–Trinajstić information content (AvgIpc) is 3.31. The monoisotopic (exact) mass is 635 g/mol. The fraction of sp³-hybridized carbons (Fsp3) is 0.455. The normalized spacial score (nSPS) is 19.6. The van der Waals surface area contributed by atoms with Crippen LogP contribution in [0.1, 0.15) is 55.3 Å². The first-order valence-electron chi connectivity index (χ1n) is 15.4. The largest absolute Gasteiger partial charge is 0.486 e. The van der Waals surface area contributed by atoms with Crippen LogP contribution in [0.2, 0.25) is 0 Å². The zero-order chi connectivity index (χ0) is 32.2. The number of ether oxygens (including phenoxy) is 1. The predicted molar refractivity (Wildman–Crippen MR) is 173 cm³/mol. The number of likely N-dealkylation sites (tertiary alicyclic amines) is 1. The maximum absolute atomic E-state index is 12.8. The molecule has 12 heteroatoms. The molecule has 0 radical (unpaired) electrons. The van der Waals surface area contributed by atoms with Gasteiger partial charge in [0.1, 0.15) is 12.4 Å². The highest BCUT2D eigenvalue weighted by atomic mass is 32.2. The molecule has 45 heavy (non-hydrogen) atoms. The number of hydrogen-bond acceptors (Lipinski definition) is 8. The molecule has 1 aliphatic carbocycles. The van der Waals surface area contributed by atoms with Gasteiger partial charge < -0.3 is 21.1 Å². The lowest BCUT2D eigenvalue weighted by atomic mass is 9.81. The molecule has 1 saturated heterocycles. The number of amides is 4. The summed E-state index contributed by atoms with van der Waals surface area (Å²) in [6.07, 6.45) is 5.04. The maximum Gasteiger partial charge on any atom is 0.251 e. The lowest BCUT2D eigenvalue weighted by molar-refractivity contribution is -0.139. The molecule has 4 amide bonds. The second-order valence-corrected chi connectivity index (χ2v) is 12.7. The van der Waals surface area contributed by atoms with Crippen LogP contribution in [0.3, 0.4) is 0 Å². The standard InChI is InChI=1S/C33H41N5O6S/c34-29(35)5-2-18-45-28-20-30(40)38(33(28)43)21-22-6-8-24(9-7-22)31(41)36-14-15-37-32(42)26-4-1-3-25(19-26)23-10-12-27(13-11-23)44-17-16-39/h1,3-4,10-13,16,19,22,24,28H,2,5-9,14-15,17-18,20-21H2,(H3,34,35)(H,36,41)(H,37,42). The summed E-state index contributed by atoms with van der Waals surface area (Å²) in [6, 6.07) is 14.5. The summed E-state index contributed by atoms with van der Waals surface area (Å²) < 4.78 is 5.28. The van der Waals surface area contributed by atoms with Crippen molar-refractivity contribution in [2.24, 2.45) is 17.6 Å². The van der Waals surface area contributed by atoms with Gasteiger partial charge in [-0.05, 0) is 79.2 Å². The van der Waals surface area contributed by atoms with E-state index in [2.05, 4.69) is 10.6 Å². The highest BCUT2D eigenvalue weighted by molar-refractivity contribution is 8.00. The Morgan fingerprint density at radius 2 is 1.76 bits per heavy atom. The maximum atomic E-state index is 12.8. The quantitative estimate of drug-likeness (QED) is 0.0716. The van der Waals surface area contributed by atoms with Gasteiger partial charge in [-0.1, -0.05) is 24.3 Å². The SMILES string of the molecule is N=C(N)CCCSC1CC(=O)N(CC2CCC(C(=O)NCCNC(=O)c3cccc(-c4ccc(OCC=O)cc4)c3)CC2)C1=O. The van der Waals surface area contributed by atoms with Crippen LogP contribution < -0.4 is 21.1 Å². The van der Waals surface area contributed by atoms with Gasteiger partial charge in [0.25, 0.3) is 5.91 Å². The Hall–Kier alpha value is -4.19. The highest BCUT2D eigenvalue weighted by Gasteiger charge is 2.40. The van der Waals surface area contributed by atoms with Crippen LogP contribution in [-0.4, -0.2) is 77.9 Å². The van der Waals surface area contributed by atoms with E-state index in [0.717, 1.165) is 24.0 Å². The van der Waals surface area contributed by atoms with Gasteiger partial charge in [-0.2, -0.15) is 0 Å². The van der Waals surface area contributed by atoms with Crippen molar-refractivity contribution in [2.75, 3.05) is 32.0 Å². The third-order valence-corrected chi connectivity index (χ3v) is 9.41. The van der Waals surface area contributed by atoms with Gasteiger partial charge in [-0.25, -0.2) is 0 Å². The Morgan fingerprint density at radius 1 is 1.02 bits per heavy atom. The molecule has 4 rings (SSSR count). The molecule has 1 heterocycles. The molecular weight excluding hydrogens is 594 g/mol. The number of carbonyl (C=O) groups is 5. The van der Waals surface area contributed by atoms with E-state index in [9.17, 15) is 24.0 Å². The lowest BCUT2D eigenvalue weighted by Crippen LogP contribution is -2.40. The number of thioether (sulfide) groups is 1.